The number of halogens is 3. The predicted molar refractivity (Wildman–Crippen MR) is 96.5 cm³/mol. The fourth-order valence-corrected chi connectivity index (χ4v) is 2.81. The van der Waals surface area contributed by atoms with Gasteiger partial charge < -0.3 is 0 Å². The van der Waals surface area contributed by atoms with E-state index in [4.69, 9.17) is 9.15 Å². The summed E-state index contributed by atoms with van der Waals surface area (Å²) in [6.07, 6.45) is -3.73. The SMILES string of the molecule is COc1ccc(-c2nc(C(C)N=CB=O)c(C(=O)[O-])o2)c2ccc(C(F)(F)F)nc12.[Li+]. The van der Waals surface area contributed by atoms with Gasteiger partial charge in [-0.05, 0) is 0 Å². The number of aromatic carboxylic acids is 1. The summed E-state index contributed by atoms with van der Waals surface area (Å²) in [6, 6.07) is 3.91. The zero-order valence-electron chi connectivity index (χ0n) is 16.6. The number of carboxylic acid groups (broad SMARTS) is 1. The van der Waals surface area contributed by atoms with Crippen LogP contribution in [-0.4, -0.2) is 36.3 Å². The van der Waals surface area contributed by atoms with Crippen molar-refractivity contribution in [3.8, 4) is 17.2 Å². The summed E-state index contributed by atoms with van der Waals surface area (Å²) in [4.78, 5) is 23.0. The minimum Gasteiger partial charge on any atom is 1.00 e. The van der Waals surface area contributed by atoms with Crippen molar-refractivity contribution in [2.75, 3.05) is 7.11 Å². The summed E-state index contributed by atoms with van der Waals surface area (Å²) in [6.45, 7) is 1.48. The first-order chi connectivity index (χ1) is 14.2. The molecule has 0 spiro atoms. The van der Waals surface area contributed by atoms with Crippen molar-refractivity contribution >= 4 is 30.1 Å². The number of aliphatic imine (C=N–C) groups is 1. The van der Waals surface area contributed by atoms with Crippen LogP contribution < -0.4 is 28.7 Å². The number of benzene rings is 1. The van der Waals surface area contributed by atoms with Gasteiger partial charge in [0.1, 0.15) is 0 Å². The molecule has 0 amide bonds. The smallest absolute Gasteiger partial charge is 1.00 e. The second-order valence-electron chi connectivity index (χ2n) is 6.04. The summed E-state index contributed by atoms with van der Waals surface area (Å²) in [5.41, 5.74) is -1.14. The number of carboxylic acids is 1. The molecule has 0 N–H and O–H groups in total. The van der Waals surface area contributed by atoms with Crippen LogP contribution in [0.4, 0.5) is 13.2 Å². The number of carbonyl (C=O) groups excluding carboxylic acids is 1. The van der Waals surface area contributed by atoms with E-state index in [1.54, 1.807) is 0 Å². The third kappa shape index (κ3) is 4.86. The first kappa shape index (κ1) is 24.3. The van der Waals surface area contributed by atoms with E-state index in [-0.39, 0.29) is 52.7 Å². The molecule has 1 aromatic carbocycles. The summed E-state index contributed by atoms with van der Waals surface area (Å²) >= 11 is 0. The first-order valence-electron chi connectivity index (χ1n) is 8.41. The van der Waals surface area contributed by atoms with E-state index >= 15 is 0 Å². The number of aromatic nitrogens is 2. The molecule has 1 unspecified atom stereocenters. The predicted octanol–water partition coefficient (Wildman–Crippen LogP) is -0.576. The molecule has 0 radical (unpaired) electrons. The molecule has 0 aliphatic carbocycles. The summed E-state index contributed by atoms with van der Waals surface area (Å²) in [5, 5.41) is 11.6. The quantitative estimate of drug-likeness (QED) is 0.383. The van der Waals surface area contributed by atoms with Gasteiger partial charge in [0, 0.05) is 0 Å². The molecule has 0 aliphatic rings. The van der Waals surface area contributed by atoms with E-state index in [1.165, 1.54) is 32.2 Å². The van der Waals surface area contributed by atoms with E-state index in [1.807, 2.05) is 0 Å². The maximum absolute atomic E-state index is 13.1. The Morgan fingerprint density at radius 1 is 1.29 bits per heavy atom. The maximum atomic E-state index is 13.1. The maximum Gasteiger partial charge on any atom is 1.00 e. The Kier molecular flexibility index (Phi) is 7.41. The molecule has 13 heteroatoms. The van der Waals surface area contributed by atoms with E-state index in [2.05, 4.69) is 15.0 Å². The fraction of sp³-hybridized carbons (Fsp3) is 0.222. The number of pyridine rings is 1. The van der Waals surface area contributed by atoms with Gasteiger partial charge in [0.15, 0.2) is 0 Å². The number of ether oxygens (including phenoxy) is 1. The van der Waals surface area contributed by atoms with Crippen LogP contribution in [0.5, 0.6) is 5.75 Å². The number of hydrogen-bond acceptors (Lipinski definition) is 8. The van der Waals surface area contributed by atoms with Crippen LogP contribution in [0.2, 0.25) is 0 Å². The van der Waals surface area contributed by atoms with Crippen molar-refractivity contribution in [2.24, 2.45) is 4.99 Å². The van der Waals surface area contributed by atoms with Crippen LogP contribution in [-0.2, 0) is 10.9 Å². The zero-order valence-corrected chi connectivity index (χ0v) is 16.6. The minimum absolute atomic E-state index is 0. The molecule has 0 bridgehead atoms. The Bertz CT molecular complexity index is 1170. The van der Waals surface area contributed by atoms with Crippen LogP contribution in [0.15, 0.2) is 33.7 Å². The molecule has 31 heavy (non-hydrogen) atoms. The number of oxazole rings is 1. The standard InChI is InChI=1S/C18H13BF3N3O5.Li/c1-8(23-7-19-28)13-15(17(26)27)30-16(25-13)10-3-5-11(29-2)14-9(10)4-6-12(24-14)18(20,21)22;/h3-8H,1-2H3,(H,26,27);/q;+1/p-1. The number of fused-ring (bicyclic) bond motifs is 1. The van der Waals surface area contributed by atoms with E-state index in [9.17, 15) is 27.8 Å². The number of carbonyl (C=O) groups is 1. The van der Waals surface area contributed by atoms with Crippen molar-refractivity contribution in [3.63, 3.8) is 0 Å². The number of alkyl halides is 3. The molecule has 3 aromatic rings. The van der Waals surface area contributed by atoms with Crippen molar-refractivity contribution in [1.82, 2.24) is 9.97 Å². The van der Waals surface area contributed by atoms with E-state index in [0.29, 0.717) is 7.15 Å². The number of methoxy groups -OCH3 is 1. The second-order valence-corrected chi connectivity index (χ2v) is 6.04. The average molecular weight is 425 g/mol. The van der Waals surface area contributed by atoms with Gasteiger partial charge in [-0.2, -0.15) is 13.2 Å². The van der Waals surface area contributed by atoms with Gasteiger partial charge in [0.2, 0.25) is 0 Å². The van der Waals surface area contributed by atoms with Crippen molar-refractivity contribution in [2.45, 2.75) is 19.1 Å². The Balaban J connectivity index is 0.00000341. The number of rotatable bonds is 6. The monoisotopic (exact) mass is 425 g/mol. The third-order valence-electron chi connectivity index (χ3n) is 4.17. The normalized spacial score (nSPS) is 12.4. The Morgan fingerprint density at radius 2 is 2.00 bits per heavy atom. The van der Waals surface area contributed by atoms with Gasteiger partial charge in [-0.15, -0.1) is 0 Å². The topological polar surface area (TPSA) is 118 Å². The molecule has 0 fully saturated rings. The summed E-state index contributed by atoms with van der Waals surface area (Å²) < 4.78 is 60.1. The minimum atomic E-state index is -4.67. The van der Waals surface area contributed by atoms with Gasteiger partial charge in [-0.3, -0.25) is 0 Å². The first-order valence-corrected chi connectivity index (χ1v) is 8.41. The van der Waals surface area contributed by atoms with E-state index < -0.39 is 29.6 Å². The molecule has 8 nitrogen and oxygen atoms in total. The Labute approximate surface area is 186 Å². The molecule has 2 heterocycles. The molecule has 0 aliphatic heterocycles. The zero-order chi connectivity index (χ0) is 22.1. The van der Waals surface area contributed by atoms with Crippen LogP contribution in [0.3, 0.4) is 0 Å². The average Bonchev–Trinajstić information content (AvgIpc) is 3.15. The van der Waals surface area contributed by atoms with Crippen LogP contribution >= 0.6 is 0 Å². The van der Waals surface area contributed by atoms with Crippen molar-refractivity contribution in [1.29, 1.82) is 0 Å². The molecule has 3 rings (SSSR count). The van der Waals surface area contributed by atoms with Gasteiger partial charge in [-0.25, -0.2) is 0 Å². The third-order valence-corrected chi connectivity index (χ3v) is 4.17. The van der Waals surface area contributed by atoms with Crippen LogP contribution in [0.1, 0.15) is 34.9 Å². The number of nitrogens with zero attached hydrogens (tertiary/aromatic N) is 3. The molecule has 0 saturated heterocycles. The van der Waals surface area contributed by atoms with Crippen LogP contribution in [0.25, 0.3) is 22.4 Å². The van der Waals surface area contributed by atoms with Crippen molar-refractivity contribution < 1.29 is 55.8 Å². The van der Waals surface area contributed by atoms with Gasteiger partial charge >= 0.3 is 173 Å². The largest absolute Gasteiger partial charge is 1.00 e. The van der Waals surface area contributed by atoms with Gasteiger partial charge in [0.25, 0.3) is 0 Å². The molecule has 1 atom stereocenters. The van der Waals surface area contributed by atoms with Crippen molar-refractivity contribution in [3.05, 3.63) is 41.4 Å². The molecule has 2 aromatic heterocycles. The van der Waals surface area contributed by atoms with E-state index in [0.717, 1.165) is 12.2 Å². The molecule has 154 valence electrons. The fourth-order valence-electron chi connectivity index (χ4n) is 2.81. The molecular weight excluding hydrogens is 413 g/mol. The summed E-state index contributed by atoms with van der Waals surface area (Å²) in [5.74, 6) is -2.38. The molecular formula is C18H12BF3LiN3O5. The van der Waals surface area contributed by atoms with Gasteiger partial charge in [-0.1, -0.05) is 0 Å². The summed E-state index contributed by atoms with van der Waals surface area (Å²) in [7, 11) is 1.69. The second kappa shape index (κ2) is 9.45. The Morgan fingerprint density at radius 3 is 2.58 bits per heavy atom. The molecule has 0 saturated carbocycles. The van der Waals surface area contributed by atoms with Crippen LogP contribution in [0, 0.1) is 0 Å². The van der Waals surface area contributed by atoms with Gasteiger partial charge in [0.05, 0.1) is 0 Å². The number of hydrogen-bond donors (Lipinski definition) is 0. The Hall–Kier alpha value is -2.97.